The second-order valence-corrected chi connectivity index (χ2v) is 4.39. The first-order valence-corrected chi connectivity index (χ1v) is 5.98. The van der Waals surface area contributed by atoms with Crippen LogP contribution >= 0.6 is 0 Å². The van der Waals surface area contributed by atoms with Crippen LogP contribution in [0.15, 0.2) is 18.2 Å². The molecule has 6 heteroatoms. The van der Waals surface area contributed by atoms with Crippen LogP contribution in [0.5, 0.6) is 0 Å². The Morgan fingerprint density at radius 3 is 2.79 bits per heavy atom. The lowest BCUT2D eigenvalue weighted by Gasteiger charge is -2.14. The number of hydrogen-bond acceptors (Lipinski definition) is 3. The van der Waals surface area contributed by atoms with Crippen molar-refractivity contribution in [3.05, 3.63) is 29.6 Å². The fourth-order valence-corrected chi connectivity index (χ4v) is 1.66. The van der Waals surface area contributed by atoms with Crippen LogP contribution in [0.25, 0.3) is 0 Å². The molecule has 0 aliphatic carbocycles. The summed E-state index contributed by atoms with van der Waals surface area (Å²) in [6, 6.07) is 3.39. The Kier molecular flexibility index (Phi) is 5.29. The molecule has 0 saturated carbocycles. The van der Waals surface area contributed by atoms with E-state index in [9.17, 15) is 14.0 Å². The average Bonchev–Trinajstić information content (AvgIpc) is 2.31. The van der Waals surface area contributed by atoms with Crippen LogP contribution < -0.4 is 11.1 Å². The number of carboxylic acid groups (broad SMARTS) is 1. The van der Waals surface area contributed by atoms with Crippen molar-refractivity contribution in [2.24, 2.45) is 0 Å². The maximum atomic E-state index is 13.0. The van der Waals surface area contributed by atoms with Crippen LogP contribution in [-0.4, -0.2) is 23.0 Å². The Bertz CT molecular complexity index is 477. The van der Waals surface area contributed by atoms with Gasteiger partial charge in [0.2, 0.25) is 0 Å². The summed E-state index contributed by atoms with van der Waals surface area (Å²) in [6.45, 7) is 1.76. The van der Waals surface area contributed by atoms with Crippen LogP contribution in [0.1, 0.15) is 36.5 Å². The van der Waals surface area contributed by atoms with Gasteiger partial charge >= 0.3 is 5.97 Å². The highest BCUT2D eigenvalue weighted by Gasteiger charge is 2.13. The van der Waals surface area contributed by atoms with Gasteiger partial charge < -0.3 is 16.2 Å². The van der Waals surface area contributed by atoms with E-state index in [0.717, 1.165) is 6.07 Å². The van der Waals surface area contributed by atoms with E-state index in [2.05, 4.69) is 5.32 Å². The van der Waals surface area contributed by atoms with E-state index < -0.39 is 17.7 Å². The van der Waals surface area contributed by atoms with Gasteiger partial charge in [0.05, 0.1) is 5.56 Å². The van der Waals surface area contributed by atoms with E-state index in [0.29, 0.717) is 12.8 Å². The van der Waals surface area contributed by atoms with E-state index in [-0.39, 0.29) is 23.7 Å². The quantitative estimate of drug-likeness (QED) is 0.686. The first-order valence-electron chi connectivity index (χ1n) is 5.98. The largest absolute Gasteiger partial charge is 0.481 e. The standard InChI is InChI=1S/C13H17FN2O3/c1-8(3-2-4-12(17)18)16-13(19)10-7-9(14)5-6-11(10)15/h5-8H,2-4,15H2,1H3,(H,16,19)(H,17,18). The number of aliphatic carboxylic acids is 1. The number of carbonyl (C=O) groups excluding carboxylic acids is 1. The van der Waals surface area contributed by atoms with Crippen molar-refractivity contribution in [2.75, 3.05) is 5.73 Å². The number of nitrogens with one attached hydrogen (secondary N) is 1. The van der Waals surface area contributed by atoms with Gasteiger partial charge in [-0.1, -0.05) is 0 Å². The molecule has 1 unspecified atom stereocenters. The third-order valence-electron chi connectivity index (χ3n) is 2.67. The molecule has 1 amide bonds. The van der Waals surface area contributed by atoms with Crippen molar-refractivity contribution in [3.8, 4) is 0 Å². The second kappa shape index (κ2) is 6.72. The van der Waals surface area contributed by atoms with Crippen molar-refractivity contribution >= 4 is 17.6 Å². The third kappa shape index (κ3) is 4.95. The fraction of sp³-hybridized carbons (Fsp3) is 0.385. The molecule has 1 atom stereocenters. The maximum Gasteiger partial charge on any atom is 0.303 e. The number of nitrogens with two attached hydrogens (primary N) is 1. The zero-order valence-corrected chi connectivity index (χ0v) is 10.6. The normalized spacial score (nSPS) is 11.9. The first kappa shape index (κ1) is 14.9. The summed E-state index contributed by atoms with van der Waals surface area (Å²) in [5, 5.41) is 11.2. The number of hydrogen-bond donors (Lipinski definition) is 3. The van der Waals surface area contributed by atoms with Gasteiger partial charge in [-0.15, -0.1) is 0 Å². The number of anilines is 1. The molecule has 1 aromatic carbocycles. The topological polar surface area (TPSA) is 92.4 Å². The molecule has 5 nitrogen and oxygen atoms in total. The average molecular weight is 268 g/mol. The van der Waals surface area contributed by atoms with Gasteiger partial charge in [-0.2, -0.15) is 0 Å². The molecule has 0 spiro atoms. The summed E-state index contributed by atoms with van der Waals surface area (Å²) < 4.78 is 13.0. The van der Waals surface area contributed by atoms with E-state index >= 15 is 0 Å². The van der Waals surface area contributed by atoms with Crippen LogP contribution in [0, 0.1) is 5.82 Å². The molecule has 0 aliphatic heterocycles. The van der Waals surface area contributed by atoms with Gasteiger partial charge in [0.1, 0.15) is 5.82 Å². The van der Waals surface area contributed by atoms with Gasteiger partial charge in [0.15, 0.2) is 0 Å². The lowest BCUT2D eigenvalue weighted by atomic mass is 10.1. The van der Waals surface area contributed by atoms with E-state index in [1.165, 1.54) is 12.1 Å². The summed E-state index contributed by atoms with van der Waals surface area (Å²) in [7, 11) is 0. The number of benzene rings is 1. The number of carbonyl (C=O) groups is 2. The smallest absolute Gasteiger partial charge is 0.303 e. The Balaban J connectivity index is 2.54. The van der Waals surface area contributed by atoms with Gasteiger partial charge in [0.25, 0.3) is 5.91 Å². The number of carboxylic acids is 1. The highest BCUT2D eigenvalue weighted by molar-refractivity contribution is 5.99. The van der Waals surface area contributed by atoms with Crippen molar-refractivity contribution in [2.45, 2.75) is 32.2 Å². The molecule has 4 N–H and O–H groups in total. The van der Waals surface area contributed by atoms with Crippen molar-refractivity contribution in [3.63, 3.8) is 0 Å². The van der Waals surface area contributed by atoms with E-state index in [1.807, 2.05) is 0 Å². The lowest BCUT2D eigenvalue weighted by Crippen LogP contribution is -2.33. The van der Waals surface area contributed by atoms with Crippen LogP contribution in [0.4, 0.5) is 10.1 Å². The minimum Gasteiger partial charge on any atom is -0.481 e. The first-order chi connectivity index (χ1) is 8.90. The molecule has 0 fully saturated rings. The summed E-state index contributed by atoms with van der Waals surface area (Å²) in [5.74, 6) is -1.86. The number of halogens is 1. The molecule has 104 valence electrons. The molecule has 0 aliphatic rings. The molecule has 0 radical (unpaired) electrons. The van der Waals surface area contributed by atoms with Gasteiger partial charge in [-0.3, -0.25) is 9.59 Å². The number of rotatable bonds is 6. The van der Waals surface area contributed by atoms with Crippen LogP contribution in [0.3, 0.4) is 0 Å². The van der Waals surface area contributed by atoms with Crippen LogP contribution in [0.2, 0.25) is 0 Å². The zero-order valence-electron chi connectivity index (χ0n) is 10.6. The highest BCUT2D eigenvalue weighted by Crippen LogP contribution is 2.13. The summed E-state index contributed by atoms with van der Waals surface area (Å²) >= 11 is 0. The molecule has 19 heavy (non-hydrogen) atoms. The Morgan fingerprint density at radius 1 is 1.47 bits per heavy atom. The zero-order chi connectivity index (χ0) is 14.4. The molecule has 1 rings (SSSR count). The van der Waals surface area contributed by atoms with E-state index in [4.69, 9.17) is 10.8 Å². The molecular weight excluding hydrogens is 251 g/mol. The Labute approximate surface area is 110 Å². The van der Waals surface area contributed by atoms with Gasteiger partial charge in [-0.05, 0) is 38.0 Å². The predicted molar refractivity (Wildman–Crippen MR) is 69.2 cm³/mol. The molecule has 0 aromatic heterocycles. The van der Waals surface area contributed by atoms with Crippen LogP contribution in [-0.2, 0) is 4.79 Å². The molecule has 0 heterocycles. The van der Waals surface area contributed by atoms with Crippen molar-refractivity contribution in [1.29, 1.82) is 0 Å². The summed E-state index contributed by atoms with van der Waals surface area (Å²) in [6.07, 6.45) is 1.06. The van der Waals surface area contributed by atoms with E-state index in [1.54, 1.807) is 6.92 Å². The van der Waals surface area contributed by atoms with Gasteiger partial charge in [0, 0.05) is 18.2 Å². The fourth-order valence-electron chi connectivity index (χ4n) is 1.66. The maximum absolute atomic E-state index is 13.0. The number of amides is 1. The Hall–Kier alpha value is -2.11. The molecule has 0 bridgehead atoms. The lowest BCUT2D eigenvalue weighted by molar-refractivity contribution is -0.137. The predicted octanol–water partition coefficient (Wildman–Crippen LogP) is 1.78. The van der Waals surface area contributed by atoms with Gasteiger partial charge in [-0.25, -0.2) is 4.39 Å². The minimum atomic E-state index is -0.868. The third-order valence-corrected chi connectivity index (χ3v) is 2.67. The minimum absolute atomic E-state index is 0.0579. The highest BCUT2D eigenvalue weighted by atomic mass is 19.1. The SMILES string of the molecule is CC(CCCC(=O)O)NC(=O)c1cc(F)ccc1N. The monoisotopic (exact) mass is 268 g/mol. The molecule has 1 aromatic rings. The van der Waals surface area contributed by atoms with Crippen molar-refractivity contribution in [1.82, 2.24) is 5.32 Å². The molecular formula is C13H17FN2O3. The molecule has 0 saturated heterocycles. The summed E-state index contributed by atoms with van der Waals surface area (Å²) in [5.41, 5.74) is 5.89. The Morgan fingerprint density at radius 2 is 2.16 bits per heavy atom. The van der Waals surface area contributed by atoms with Crippen molar-refractivity contribution < 1.29 is 19.1 Å². The second-order valence-electron chi connectivity index (χ2n) is 4.39. The summed E-state index contributed by atoms with van der Waals surface area (Å²) in [4.78, 5) is 22.2. The number of nitrogen functional groups attached to an aromatic ring is 1.